The summed E-state index contributed by atoms with van der Waals surface area (Å²) in [7, 11) is 1.23. The smallest absolute Gasteiger partial charge is 0.325 e. The standard InChI is InChI=1S/C13H14N2O4S/c1-13(11(17)14-7-10(16)19-2)12(18)15-8-5-3-4-6-9(8)20-13/h3-6H,7H2,1-2H3,(H,14,17)(H,15,18). The molecule has 2 amide bonds. The number of para-hydroxylation sites is 1. The Balaban J connectivity index is 2.16. The molecule has 1 unspecified atom stereocenters. The van der Waals surface area contributed by atoms with Crippen LogP contribution in [0, 0.1) is 0 Å². The molecule has 0 aromatic heterocycles. The fourth-order valence-electron chi connectivity index (χ4n) is 1.71. The molecule has 0 fully saturated rings. The van der Waals surface area contributed by atoms with Gasteiger partial charge in [0.25, 0.3) is 0 Å². The molecule has 1 aromatic rings. The third kappa shape index (κ3) is 2.62. The van der Waals surface area contributed by atoms with Gasteiger partial charge in [-0.3, -0.25) is 14.4 Å². The van der Waals surface area contributed by atoms with E-state index in [1.807, 2.05) is 12.1 Å². The van der Waals surface area contributed by atoms with Gasteiger partial charge in [0.2, 0.25) is 11.8 Å². The van der Waals surface area contributed by atoms with Crippen LogP contribution < -0.4 is 10.6 Å². The summed E-state index contributed by atoms with van der Waals surface area (Å²) in [5.74, 6) is -1.51. The summed E-state index contributed by atoms with van der Waals surface area (Å²) in [5, 5.41) is 5.11. The van der Waals surface area contributed by atoms with Gasteiger partial charge in [-0.15, -0.1) is 0 Å². The van der Waals surface area contributed by atoms with E-state index in [2.05, 4.69) is 15.4 Å². The molecule has 1 atom stereocenters. The number of carbonyl (C=O) groups excluding carboxylic acids is 3. The summed E-state index contributed by atoms with van der Waals surface area (Å²) in [6.45, 7) is 1.26. The van der Waals surface area contributed by atoms with Gasteiger partial charge in [0.05, 0.1) is 12.8 Å². The molecule has 0 radical (unpaired) electrons. The third-order valence-electron chi connectivity index (χ3n) is 2.94. The van der Waals surface area contributed by atoms with Crippen LogP contribution in [0.3, 0.4) is 0 Å². The Labute approximate surface area is 120 Å². The lowest BCUT2D eigenvalue weighted by Gasteiger charge is -2.31. The Morgan fingerprint density at radius 1 is 1.40 bits per heavy atom. The zero-order chi connectivity index (χ0) is 14.8. The van der Waals surface area contributed by atoms with Crippen molar-refractivity contribution in [1.29, 1.82) is 0 Å². The molecule has 0 spiro atoms. The van der Waals surface area contributed by atoms with Crippen molar-refractivity contribution >= 4 is 35.2 Å². The van der Waals surface area contributed by atoms with E-state index in [-0.39, 0.29) is 6.54 Å². The van der Waals surface area contributed by atoms with E-state index in [1.165, 1.54) is 14.0 Å². The van der Waals surface area contributed by atoms with Crippen LogP contribution in [0.15, 0.2) is 29.2 Å². The lowest BCUT2D eigenvalue weighted by molar-refractivity contribution is -0.142. The van der Waals surface area contributed by atoms with Gasteiger partial charge in [-0.2, -0.15) is 0 Å². The number of hydrogen-bond donors (Lipinski definition) is 2. The van der Waals surface area contributed by atoms with Crippen molar-refractivity contribution in [3.05, 3.63) is 24.3 Å². The van der Waals surface area contributed by atoms with Gasteiger partial charge in [-0.1, -0.05) is 23.9 Å². The molecular formula is C13H14N2O4S. The molecule has 0 saturated heterocycles. The first-order valence-electron chi connectivity index (χ1n) is 5.92. The minimum atomic E-state index is -1.32. The number of hydrogen-bond acceptors (Lipinski definition) is 5. The second-order valence-corrected chi connectivity index (χ2v) is 5.80. The molecule has 1 aromatic carbocycles. The fraction of sp³-hybridized carbons (Fsp3) is 0.308. The second kappa shape index (κ2) is 5.54. The van der Waals surface area contributed by atoms with Crippen molar-refractivity contribution in [1.82, 2.24) is 5.32 Å². The van der Waals surface area contributed by atoms with Crippen molar-refractivity contribution < 1.29 is 19.1 Å². The van der Waals surface area contributed by atoms with Gasteiger partial charge in [0.15, 0.2) is 4.75 Å². The first kappa shape index (κ1) is 14.4. The number of amides is 2. The van der Waals surface area contributed by atoms with Gasteiger partial charge in [-0.05, 0) is 19.1 Å². The lowest BCUT2D eigenvalue weighted by atomic mass is 10.1. The van der Waals surface area contributed by atoms with Crippen LogP contribution in [-0.4, -0.2) is 36.2 Å². The van der Waals surface area contributed by atoms with Gasteiger partial charge in [0.1, 0.15) is 6.54 Å². The summed E-state index contributed by atoms with van der Waals surface area (Å²) >= 11 is 1.16. The fourth-order valence-corrected chi connectivity index (χ4v) is 2.83. The van der Waals surface area contributed by atoms with E-state index in [1.54, 1.807) is 12.1 Å². The number of fused-ring (bicyclic) bond motifs is 1. The Morgan fingerprint density at radius 3 is 2.80 bits per heavy atom. The minimum Gasteiger partial charge on any atom is -0.468 e. The minimum absolute atomic E-state index is 0.263. The predicted octanol–water partition coefficient (Wildman–Crippen LogP) is 0.779. The van der Waals surface area contributed by atoms with Gasteiger partial charge in [-0.25, -0.2) is 0 Å². The highest BCUT2D eigenvalue weighted by atomic mass is 32.2. The maximum Gasteiger partial charge on any atom is 0.325 e. The number of ether oxygens (including phenoxy) is 1. The molecule has 6 nitrogen and oxygen atoms in total. The van der Waals surface area contributed by atoms with Crippen molar-refractivity contribution in [3.8, 4) is 0 Å². The van der Waals surface area contributed by atoms with Crippen molar-refractivity contribution in [2.75, 3.05) is 19.0 Å². The van der Waals surface area contributed by atoms with E-state index in [0.29, 0.717) is 5.69 Å². The number of anilines is 1. The lowest BCUT2D eigenvalue weighted by Crippen LogP contribution is -2.53. The highest BCUT2D eigenvalue weighted by molar-refractivity contribution is 8.02. The van der Waals surface area contributed by atoms with Crippen LogP contribution in [0.5, 0.6) is 0 Å². The van der Waals surface area contributed by atoms with Crippen LogP contribution >= 0.6 is 11.8 Å². The number of carbonyl (C=O) groups is 3. The molecular weight excluding hydrogens is 280 g/mol. The number of rotatable bonds is 3. The van der Waals surface area contributed by atoms with Crippen LogP contribution in [0.2, 0.25) is 0 Å². The zero-order valence-corrected chi connectivity index (χ0v) is 11.9. The Hall–Kier alpha value is -2.02. The zero-order valence-electron chi connectivity index (χ0n) is 11.1. The first-order chi connectivity index (χ1) is 9.47. The topological polar surface area (TPSA) is 84.5 Å². The number of thioether (sulfide) groups is 1. The van der Waals surface area contributed by atoms with E-state index < -0.39 is 22.5 Å². The molecule has 1 heterocycles. The summed E-state index contributed by atoms with van der Waals surface area (Å²) in [6, 6.07) is 7.23. The number of nitrogens with one attached hydrogen (secondary N) is 2. The number of esters is 1. The van der Waals surface area contributed by atoms with E-state index in [0.717, 1.165) is 16.7 Å². The monoisotopic (exact) mass is 294 g/mol. The van der Waals surface area contributed by atoms with Crippen LogP contribution in [0.25, 0.3) is 0 Å². The molecule has 0 bridgehead atoms. The van der Waals surface area contributed by atoms with Crippen LogP contribution in [0.4, 0.5) is 5.69 Å². The average molecular weight is 294 g/mol. The first-order valence-corrected chi connectivity index (χ1v) is 6.73. The van der Waals surface area contributed by atoms with Crippen LogP contribution in [-0.2, 0) is 19.1 Å². The average Bonchev–Trinajstić information content (AvgIpc) is 2.45. The Kier molecular flexibility index (Phi) is 3.99. The van der Waals surface area contributed by atoms with Gasteiger partial charge < -0.3 is 15.4 Å². The van der Waals surface area contributed by atoms with E-state index in [4.69, 9.17) is 0 Å². The van der Waals surface area contributed by atoms with E-state index in [9.17, 15) is 14.4 Å². The van der Waals surface area contributed by atoms with Gasteiger partial charge in [0, 0.05) is 4.90 Å². The largest absolute Gasteiger partial charge is 0.468 e. The summed E-state index contributed by atoms with van der Waals surface area (Å²) < 4.78 is 3.13. The highest BCUT2D eigenvalue weighted by Crippen LogP contribution is 2.42. The second-order valence-electron chi connectivity index (χ2n) is 4.34. The summed E-state index contributed by atoms with van der Waals surface area (Å²) in [6.07, 6.45) is 0. The predicted molar refractivity (Wildman–Crippen MR) is 74.4 cm³/mol. The van der Waals surface area contributed by atoms with Crippen LogP contribution in [0.1, 0.15) is 6.92 Å². The maximum atomic E-state index is 12.2. The summed E-state index contributed by atoms with van der Waals surface area (Å²) in [4.78, 5) is 36.1. The molecule has 20 heavy (non-hydrogen) atoms. The molecule has 0 saturated carbocycles. The van der Waals surface area contributed by atoms with Crippen molar-refractivity contribution in [2.45, 2.75) is 16.6 Å². The number of methoxy groups -OCH3 is 1. The quantitative estimate of drug-likeness (QED) is 0.635. The molecule has 0 aliphatic carbocycles. The van der Waals surface area contributed by atoms with Crippen molar-refractivity contribution in [3.63, 3.8) is 0 Å². The number of benzene rings is 1. The summed E-state index contributed by atoms with van der Waals surface area (Å²) in [5.41, 5.74) is 0.681. The normalized spacial score (nSPS) is 20.6. The molecule has 7 heteroatoms. The SMILES string of the molecule is COC(=O)CNC(=O)C1(C)Sc2ccccc2NC1=O. The van der Waals surface area contributed by atoms with Crippen molar-refractivity contribution in [2.24, 2.45) is 0 Å². The van der Waals surface area contributed by atoms with E-state index >= 15 is 0 Å². The highest BCUT2D eigenvalue weighted by Gasteiger charge is 2.45. The molecule has 2 rings (SSSR count). The molecule has 1 aliphatic rings. The molecule has 1 aliphatic heterocycles. The third-order valence-corrected chi connectivity index (χ3v) is 4.29. The molecule has 2 N–H and O–H groups in total. The maximum absolute atomic E-state index is 12.2. The Bertz CT molecular complexity index is 575. The van der Waals surface area contributed by atoms with Gasteiger partial charge >= 0.3 is 5.97 Å². The molecule has 106 valence electrons. The Morgan fingerprint density at radius 2 is 2.10 bits per heavy atom.